The van der Waals surface area contributed by atoms with Gasteiger partial charge in [0.15, 0.2) is 0 Å². The Hall–Kier alpha value is -2.76. The van der Waals surface area contributed by atoms with Gasteiger partial charge in [0.05, 0.1) is 30.9 Å². The Morgan fingerprint density at radius 1 is 1.13 bits per heavy atom. The Bertz CT molecular complexity index is 842. The van der Waals surface area contributed by atoms with E-state index in [1.54, 1.807) is 20.4 Å². The van der Waals surface area contributed by atoms with Crippen molar-refractivity contribution in [1.82, 2.24) is 15.0 Å². The molecule has 3 aromatic rings. The van der Waals surface area contributed by atoms with Gasteiger partial charge >= 0.3 is 0 Å². The monoisotopic (exact) mass is 313 g/mol. The average Bonchev–Trinajstić information content (AvgIpc) is 2.96. The van der Waals surface area contributed by atoms with Crippen molar-refractivity contribution >= 4 is 11.0 Å². The first kappa shape index (κ1) is 15.1. The number of hydrogen-bond acceptors (Lipinski definition) is 5. The summed E-state index contributed by atoms with van der Waals surface area (Å²) in [5.41, 5.74) is 4.50. The molecule has 0 saturated heterocycles. The van der Waals surface area contributed by atoms with Crippen LogP contribution in [-0.2, 0) is 6.61 Å². The quantitative estimate of drug-likeness (QED) is 0.783. The summed E-state index contributed by atoms with van der Waals surface area (Å²) in [7, 11) is 3.29. The number of H-pyrrole nitrogens is 1. The molecule has 0 saturated carbocycles. The van der Waals surface area contributed by atoms with Crippen LogP contribution in [0.25, 0.3) is 11.0 Å². The fourth-order valence-corrected chi connectivity index (χ4v) is 2.51. The smallest absolute Gasteiger partial charge is 0.295 e. The Balaban J connectivity index is 1.81. The SMILES string of the molecule is COc1ccc2nc(OCc3ncc(C)c(OC)c3C)[nH]c2c1. The van der Waals surface area contributed by atoms with Crippen molar-refractivity contribution in [3.63, 3.8) is 0 Å². The number of nitrogens with one attached hydrogen (secondary N) is 1. The van der Waals surface area contributed by atoms with Crippen molar-refractivity contribution in [2.45, 2.75) is 20.5 Å². The van der Waals surface area contributed by atoms with Crippen LogP contribution in [0.4, 0.5) is 0 Å². The number of methoxy groups -OCH3 is 2. The summed E-state index contributed by atoms with van der Waals surface area (Å²) < 4.78 is 16.4. The number of pyridine rings is 1. The first-order chi connectivity index (χ1) is 11.1. The highest BCUT2D eigenvalue weighted by molar-refractivity contribution is 5.77. The molecule has 120 valence electrons. The second-order valence-electron chi connectivity index (χ2n) is 5.26. The minimum absolute atomic E-state index is 0.319. The van der Waals surface area contributed by atoms with Gasteiger partial charge in [-0.25, -0.2) is 0 Å². The van der Waals surface area contributed by atoms with E-state index in [2.05, 4.69) is 15.0 Å². The second-order valence-corrected chi connectivity index (χ2v) is 5.26. The number of benzene rings is 1. The Labute approximate surface area is 134 Å². The van der Waals surface area contributed by atoms with Gasteiger partial charge in [0.25, 0.3) is 6.01 Å². The minimum atomic E-state index is 0.319. The van der Waals surface area contributed by atoms with Gasteiger partial charge in [-0.05, 0) is 26.0 Å². The standard InChI is InChI=1S/C17H19N3O3/c1-10-8-18-15(11(2)16(10)22-4)9-23-17-19-13-6-5-12(21-3)7-14(13)20-17/h5-8H,9H2,1-4H3,(H,19,20). The fraction of sp³-hybridized carbons (Fsp3) is 0.294. The number of rotatable bonds is 5. The molecule has 0 fully saturated rings. The van der Waals surface area contributed by atoms with Crippen molar-refractivity contribution in [1.29, 1.82) is 0 Å². The molecular formula is C17H19N3O3. The number of ether oxygens (including phenoxy) is 3. The van der Waals surface area contributed by atoms with Crippen LogP contribution in [0.3, 0.4) is 0 Å². The Morgan fingerprint density at radius 2 is 1.96 bits per heavy atom. The molecule has 6 nitrogen and oxygen atoms in total. The van der Waals surface area contributed by atoms with Gasteiger partial charge in [0.1, 0.15) is 18.1 Å². The topological polar surface area (TPSA) is 69.3 Å². The summed E-state index contributed by atoms with van der Waals surface area (Å²) in [6.07, 6.45) is 1.79. The van der Waals surface area contributed by atoms with Gasteiger partial charge in [-0.2, -0.15) is 4.98 Å². The van der Waals surface area contributed by atoms with Crippen LogP contribution in [0.15, 0.2) is 24.4 Å². The number of aryl methyl sites for hydroxylation is 1. The van der Waals surface area contributed by atoms with Crippen LogP contribution in [0, 0.1) is 13.8 Å². The molecule has 0 aliphatic rings. The van der Waals surface area contributed by atoms with Crippen molar-refractivity contribution in [3.8, 4) is 17.5 Å². The number of fused-ring (bicyclic) bond motifs is 1. The van der Waals surface area contributed by atoms with E-state index in [9.17, 15) is 0 Å². The number of imidazole rings is 1. The van der Waals surface area contributed by atoms with Crippen molar-refractivity contribution < 1.29 is 14.2 Å². The third-order valence-corrected chi connectivity index (χ3v) is 3.76. The molecule has 1 aromatic carbocycles. The molecule has 0 atom stereocenters. The molecule has 0 spiro atoms. The molecule has 0 aliphatic heterocycles. The van der Waals surface area contributed by atoms with E-state index in [4.69, 9.17) is 14.2 Å². The summed E-state index contributed by atoms with van der Waals surface area (Å²) in [5.74, 6) is 1.61. The van der Waals surface area contributed by atoms with E-state index < -0.39 is 0 Å². The van der Waals surface area contributed by atoms with Gasteiger partial charge < -0.3 is 19.2 Å². The molecule has 0 radical (unpaired) electrons. The van der Waals surface area contributed by atoms with Gasteiger partial charge in [0, 0.05) is 23.4 Å². The molecule has 2 heterocycles. The second kappa shape index (κ2) is 6.16. The maximum Gasteiger partial charge on any atom is 0.295 e. The maximum atomic E-state index is 5.75. The van der Waals surface area contributed by atoms with Gasteiger partial charge in [0.2, 0.25) is 0 Å². The lowest BCUT2D eigenvalue weighted by atomic mass is 10.1. The maximum absolute atomic E-state index is 5.75. The predicted molar refractivity (Wildman–Crippen MR) is 87.2 cm³/mol. The molecule has 3 rings (SSSR count). The lowest BCUT2D eigenvalue weighted by Gasteiger charge is -2.12. The summed E-state index contributed by atoms with van der Waals surface area (Å²) in [5, 5.41) is 0. The van der Waals surface area contributed by atoms with E-state index >= 15 is 0 Å². The largest absolute Gasteiger partial charge is 0.497 e. The molecule has 0 amide bonds. The number of nitrogens with zero attached hydrogens (tertiary/aromatic N) is 2. The van der Waals surface area contributed by atoms with Crippen molar-refractivity contribution in [3.05, 3.63) is 41.2 Å². The van der Waals surface area contributed by atoms with Crippen LogP contribution in [0.5, 0.6) is 17.5 Å². The zero-order valence-electron chi connectivity index (χ0n) is 13.6. The van der Waals surface area contributed by atoms with Crippen LogP contribution in [0.2, 0.25) is 0 Å². The molecule has 1 N–H and O–H groups in total. The first-order valence-corrected chi connectivity index (χ1v) is 7.28. The highest BCUT2D eigenvalue weighted by Crippen LogP contribution is 2.25. The molecule has 0 bridgehead atoms. The predicted octanol–water partition coefficient (Wildman–Crippen LogP) is 3.17. The lowest BCUT2D eigenvalue weighted by Crippen LogP contribution is -2.04. The zero-order valence-corrected chi connectivity index (χ0v) is 13.6. The van der Waals surface area contributed by atoms with E-state index in [-0.39, 0.29) is 0 Å². The molecule has 0 unspecified atom stereocenters. The van der Waals surface area contributed by atoms with E-state index in [1.165, 1.54) is 0 Å². The summed E-state index contributed by atoms with van der Waals surface area (Å²) in [4.78, 5) is 11.9. The molecule has 2 aromatic heterocycles. The van der Waals surface area contributed by atoms with Crippen LogP contribution in [-0.4, -0.2) is 29.2 Å². The van der Waals surface area contributed by atoms with E-state index in [1.807, 2.05) is 32.0 Å². The molecule has 0 aliphatic carbocycles. The molecule has 6 heteroatoms. The van der Waals surface area contributed by atoms with E-state index in [0.29, 0.717) is 12.6 Å². The van der Waals surface area contributed by atoms with E-state index in [0.717, 1.165) is 39.4 Å². The fourth-order valence-electron chi connectivity index (χ4n) is 2.51. The highest BCUT2D eigenvalue weighted by atomic mass is 16.5. The lowest BCUT2D eigenvalue weighted by molar-refractivity contribution is 0.278. The number of aromatic nitrogens is 3. The van der Waals surface area contributed by atoms with Crippen molar-refractivity contribution in [2.75, 3.05) is 14.2 Å². The normalized spacial score (nSPS) is 10.8. The number of aromatic amines is 1. The van der Waals surface area contributed by atoms with Gasteiger partial charge in [-0.15, -0.1) is 0 Å². The summed E-state index contributed by atoms with van der Waals surface area (Å²) in [6, 6.07) is 6.08. The molecule has 23 heavy (non-hydrogen) atoms. The van der Waals surface area contributed by atoms with Crippen LogP contribution >= 0.6 is 0 Å². The van der Waals surface area contributed by atoms with Crippen LogP contribution < -0.4 is 14.2 Å². The summed E-state index contributed by atoms with van der Waals surface area (Å²) >= 11 is 0. The third-order valence-electron chi connectivity index (χ3n) is 3.76. The first-order valence-electron chi connectivity index (χ1n) is 7.28. The average molecular weight is 313 g/mol. The third kappa shape index (κ3) is 2.92. The van der Waals surface area contributed by atoms with Crippen molar-refractivity contribution in [2.24, 2.45) is 0 Å². The minimum Gasteiger partial charge on any atom is -0.497 e. The van der Waals surface area contributed by atoms with Gasteiger partial charge in [-0.1, -0.05) is 0 Å². The summed E-state index contributed by atoms with van der Waals surface area (Å²) in [6.45, 7) is 4.26. The Morgan fingerprint density at radius 3 is 2.70 bits per heavy atom. The number of hydrogen-bond donors (Lipinski definition) is 1. The van der Waals surface area contributed by atoms with Gasteiger partial charge in [-0.3, -0.25) is 4.98 Å². The zero-order chi connectivity index (χ0) is 16.4. The highest BCUT2D eigenvalue weighted by Gasteiger charge is 2.11. The van der Waals surface area contributed by atoms with Crippen LogP contribution in [0.1, 0.15) is 16.8 Å². The Kier molecular flexibility index (Phi) is 4.06. The molecular weight excluding hydrogens is 294 g/mol.